The Kier molecular flexibility index (Phi) is 5.98. The molecule has 0 bridgehead atoms. The second kappa shape index (κ2) is 8.80. The van der Waals surface area contributed by atoms with Crippen molar-refractivity contribution in [3.05, 3.63) is 72.8 Å². The highest BCUT2D eigenvalue weighted by molar-refractivity contribution is 5.77. The van der Waals surface area contributed by atoms with Gasteiger partial charge in [0.05, 0.1) is 0 Å². The minimum atomic E-state index is -0.478. The second-order valence-corrected chi connectivity index (χ2v) is 5.73. The molecule has 0 aliphatic carbocycles. The first-order valence-corrected chi connectivity index (χ1v) is 8.44. The Morgan fingerprint density at radius 3 is 2.69 bits per heavy atom. The van der Waals surface area contributed by atoms with E-state index in [2.05, 4.69) is 14.9 Å². The summed E-state index contributed by atoms with van der Waals surface area (Å²) in [6, 6.07) is 16.0. The Balaban J connectivity index is 1.41. The van der Waals surface area contributed by atoms with E-state index in [0.717, 1.165) is 24.4 Å². The van der Waals surface area contributed by atoms with Gasteiger partial charge in [0.25, 0.3) is 5.91 Å². The minimum absolute atomic E-state index is 0.0774. The van der Waals surface area contributed by atoms with Gasteiger partial charge in [0.15, 0.2) is 18.2 Å². The molecule has 0 fully saturated rings. The van der Waals surface area contributed by atoms with Gasteiger partial charge in [-0.1, -0.05) is 42.5 Å². The lowest BCUT2D eigenvalue weighted by Gasteiger charge is -2.10. The van der Waals surface area contributed by atoms with Gasteiger partial charge < -0.3 is 14.6 Å². The molecular formula is C20H20FN3O2. The number of rotatable bonds is 8. The molecule has 0 atom stereocenters. The van der Waals surface area contributed by atoms with Crippen LogP contribution in [0.4, 0.5) is 4.39 Å². The molecule has 0 spiro atoms. The number of carbonyl (C=O) groups excluding carboxylic acids is 1. The predicted octanol–water partition coefficient (Wildman–Crippen LogP) is 3.27. The van der Waals surface area contributed by atoms with Gasteiger partial charge in [0.2, 0.25) is 0 Å². The van der Waals surface area contributed by atoms with Crippen LogP contribution in [-0.4, -0.2) is 28.6 Å². The van der Waals surface area contributed by atoms with Crippen molar-refractivity contribution in [2.75, 3.05) is 13.2 Å². The number of hydrogen-bond acceptors (Lipinski definition) is 3. The van der Waals surface area contributed by atoms with Crippen molar-refractivity contribution in [2.45, 2.75) is 13.0 Å². The summed E-state index contributed by atoms with van der Waals surface area (Å²) in [5, 5.41) is 2.77. The van der Waals surface area contributed by atoms with Crippen LogP contribution < -0.4 is 10.1 Å². The molecule has 0 radical (unpaired) electrons. The summed E-state index contributed by atoms with van der Waals surface area (Å²) in [5.41, 5.74) is 1.06. The van der Waals surface area contributed by atoms with Gasteiger partial charge in [0.1, 0.15) is 5.82 Å². The molecular weight excluding hydrogens is 333 g/mol. The molecule has 0 aliphatic heterocycles. The van der Waals surface area contributed by atoms with Gasteiger partial charge in [-0.25, -0.2) is 9.37 Å². The number of nitrogens with one attached hydrogen (secondary N) is 1. The summed E-state index contributed by atoms with van der Waals surface area (Å²) in [6.07, 6.45) is 4.44. The van der Waals surface area contributed by atoms with Crippen molar-refractivity contribution in [3.63, 3.8) is 0 Å². The highest BCUT2D eigenvalue weighted by Crippen LogP contribution is 2.17. The third kappa shape index (κ3) is 4.69. The maximum atomic E-state index is 13.4. The van der Waals surface area contributed by atoms with Gasteiger partial charge in [-0.05, 0) is 18.6 Å². The summed E-state index contributed by atoms with van der Waals surface area (Å²) in [5.74, 6) is 0.226. The average molecular weight is 353 g/mol. The molecule has 26 heavy (non-hydrogen) atoms. The monoisotopic (exact) mass is 353 g/mol. The number of aromatic nitrogens is 2. The normalized spacial score (nSPS) is 10.5. The van der Waals surface area contributed by atoms with Crippen molar-refractivity contribution in [1.29, 1.82) is 0 Å². The first-order valence-electron chi connectivity index (χ1n) is 8.44. The zero-order valence-corrected chi connectivity index (χ0v) is 14.3. The van der Waals surface area contributed by atoms with E-state index in [1.807, 2.05) is 36.5 Å². The number of hydrogen-bond donors (Lipinski definition) is 1. The number of para-hydroxylation sites is 1. The summed E-state index contributed by atoms with van der Waals surface area (Å²) in [4.78, 5) is 16.2. The topological polar surface area (TPSA) is 56.1 Å². The maximum Gasteiger partial charge on any atom is 0.257 e. The van der Waals surface area contributed by atoms with Crippen molar-refractivity contribution in [2.24, 2.45) is 0 Å². The number of amides is 1. The second-order valence-electron chi connectivity index (χ2n) is 5.73. The molecule has 0 saturated heterocycles. The molecule has 3 rings (SSSR count). The molecule has 1 amide bonds. The molecule has 5 nitrogen and oxygen atoms in total. The number of carbonyl (C=O) groups is 1. The van der Waals surface area contributed by atoms with Gasteiger partial charge in [0, 0.05) is 31.0 Å². The van der Waals surface area contributed by atoms with Crippen LogP contribution in [0.1, 0.15) is 6.42 Å². The molecule has 134 valence electrons. The van der Waals surface area contributed by atoms with E-state index in [4.69, 9.17) is 4.74 Å². The molecule has 2 aromatic carbocycles. The van der Waals surface area contributed by atoms with Crippen LogP contribution in [0.3, 0.4) is 0 Å². The number of benzene rings is 2. The fraction of sp³-hybridized carbons (Fsp3) is 0.200. The van der Waals surface area contributed by atoms with Crippen LogP contribution in [0, 0.1) is 5.82 Å². The minimum Gasteiger partial charge on any atom is -0.481 e. The fourth-order valence-electron chi connectivity index (χ4n) is 2.57. The standard InChI is InChI=1S/C20H20FN3O2/c21-17-9-4-5-10-18(17)26-15-19(25)22-11-6-13-24-14-12-23-20(24)16-7-2-1-3-8-16/h1-5,7-10,12,14H,6,11,13,15H2,(H,22,25). The van der Waals surface area contributed by atoms with Crippen LogP contribution in [0.2, 0.25) is 0 Å². The van der Waals surface area contributed by atoms with E-state index in [1.54, 1.807) is 18.3 Å². The number of aryl methyl sites for hydroxylation is 1. The lowest BCUT2D eigenvalue weighted by atomic mass is 10.2. The molecule has 1 aromatic heterocycles. The Morgan fingerprint density at radius 1 is 1.12 bits per heavy atom. The summed E-state index contributed by atoms with van der Waals surface area (Å²) in [6.45, 7) is 1.03. The Labute approximate surface area is 151 Å². The Morgan fingerprint density at radius 2 is 1.88 bits per heavy atom. The first-order chi connectivity index (χ1) is 12.7. The van der Waals surface area contributed by atoms with E-state index < -0.39 is 5.82 Å². The lowest BCUT2D eigenvalue weighted by Crippen LogP contribution is -2.30. The number of imidazole rings is 1. The van der Waals surface area contributed by atoms with E-state index in [0.29, 0.717) is 6.54 Å². The van der Waals surface area contributed by atoms with Gasteiger partial charge in [-0.2, -0.15) is 0 Å². The molecule has 0 aliphatic rings. The van der Waals surface area contributed by atoms with E-state index in [1.165, 1.54) is 12.1 Å². The summed E-state index contributed by atoms with van der Waals surface area (Å²) in [7, 11) is 0. The number of halogens is 1. The average Bonchev–Trinajstić information content (AvgIpc) is 3.14. The van der Waals surface area contributed by atoms with E-state index >= 15 is 0 Å². The van der Waals surface area contributed by atoms with Crippen molar-refractivity contribution < 1.29 is 13.9 Å². The summed E-state index contributed by atoms with van der Waals surface area (Å²) < 4.78 is 20.6. The maximum absolute atomic E-state index is 13.4. The Hall–Kier alpha value is -3.15. The quantitative estimate of drug-likeness (QED) is 0.633. The van der Waals surface area contributed by atoms with Crippen LogP contribution in [0.15, 0.2) is 67.0 Å². The van der Waals surface area contributed by atoms with E-state index in [9.17, 15) is 9.18 Å². The zero-order chi connectivity index (χ0) is 18.2. The van der Waals surface area contributed by atoms with Crippen LogP contribution in [0.25, 0.3) is 11.4 Å². The molecule has 1 N–H and O–H groups in total. The van der Waals surface area contributed by atoms with Gasteiger partial charge in [-0.15, -0.1) is 0 Å². The number of nitrogens with zero attached hydrogens (tertiary/aromatic N) is 2. The highest BCUT2D eigenvalue weighted by atomic mass is 19.1. The fourth-order valence-corrected chi connectivity index (χ4v) is 2.57. The van der Waals surface area contributed by atoms with Crippen LogP contribution in [-0.2, 0) is 11.3 Å². The van der Waals surface area contributed by atoms with Crippen LogP contribution >= 0.6 is 0 Å². The van der Waals surface area contributed by atoms with Crippen molar-refractivity contribution >= 4 is 5.91 Å². The predicted molar refractivity (Wildman–Crippen MR) is 97.2 cm³/mol. The SMILES string of the molecule is O=C(COc1ccccc1F)NCCCn1ccnc1-c1ccccc1. The third-order valence-electron chi connectivity index (χ3n) is 3.84. The largest absolute Gasteiger partial charge is 0.481 e. The third-order valence-corrected chi connectivity index (χ3v) is 3.84. The Bertz CT molecular complexity index is 849. The highest BCUT2D eigenvalue weighted by Gasteiger charge is 2.07. The van der Waals surface area contributed by atoms with Gasteiger partial charge in [-0.3, -0.25) is 4.79 Å². The van der Waals surface area contributed by atoms with Crippen LogP contribution in [0.5, 0.6) is 5.75 Å². The molecule has 1 heterocycles. The van der Waals surface area contributed by atoms with Crippen molar-refractivity contribution in [1.82, 2.24) is 14.9 Å². The smallest absolute Gasteiger partial charge is 0.257 e. The molecule has 6 heteroatoms. The lowest BCUT2D eigenvalue weighted by molar-refractivity contribution is -0.123. The first kappa shape index (κ1) is 17.7. The molecule has 0 saturated carbocycles. The molecule has 3 aromatic rings. The zero-order valence-electron chi connectivity index (χ0n) is 14.3. The van der Waals surface area contributed by atoms with E-state index in [-0.39, 0.29) is 18.3 Å². The summed E-state index contributed by atoms with van der Waals surface area (Å²) >= 11 is 0. The van der Waals surface area contributed by atoms with Gasteiger partial charge >= 0.3 is 0 Å². The van der Waals surface area contributed by atoms with Crippen molar-refractivity contribution in [3.8, 4) is 17.1 Å². The molecule has 0 unspecified atom stereocenters. The number of ether oxygens (including phenoxy) is 1.